The van der Waals surface area contributed by atoms with Crippen LogP contribution in [0.3, 0.4) is 0 Å². The largest absolute Gasteiger partial charge is 0.454 e. The quantitative estimate of drug-likeness (QED) is 0.816. The standard InChI is InChI=1S/C12H8Cl2FNO/c13-7-3-1-2-4-11(7)17-12-6-9(15)8(14)5-10(12)16/h1-6H,16H2. The van der Waals surface area contributed by atoms with Crippen LogP contribution in [-0.4, -0.2) is 0 Å². The van der Waals surface area contributed by atoms with Crippen LogP contribution in [0.25, 0.3) is 0 Å². The monoisotopic (exact) mass is 271 g/mol. The third-order valence-corrected chi connectivity index (χ3v) is 2.71. The Kier molecular flexibility index (Phi) is 3.41. The topological polar surface area (TPSA) is 35.2 Å². The van der Waals surface area contributed by atoms with Gasteiger partial charge in [0.25, 0.3) is 0 Å². The molecule has 0 aliphatic heterocycles. The molecule has 0 saturated carbocycles. The highest BCUT2D eigenvalue weighted by Crippen LogP contribution is 2.34. The summed E-state index contributed by atoms with van der Waals surface area (Å²) in [7, 11) is 0. The van der Waals surface area contributed by atoms with E-state index in [9.17, 15) is 4.39 Å². The normalized spacial score (nSPS) is 10.3. The number of anilines is 1. The molecule has 2 rings (SSSR count). The second kappa shape index (κ2) is 4.82. The SMILES string of the molecule is Nc1cc(Cl)c(F)cc1Oc1ccccc1Cl. The summed E-state index contributed by atoms with van der Waals surface area (Å²) in [6.45, 7) is 0. The third-order valence-electron chi connectivity index (χ3n) is 2.11. The molecule has 2 aromatic carbocycles. The molecule has 0 radical (unpaired) electrons. The van der Waals surface area contributed by atoms with E-state index in [2.05, 4.69) is 0 Å². The van der Waals surface area contributed by atoms with E-state index in [1.54, 1.807) is 24.3 Å². The van der Waals surface area contributed by atoms with E-state index in [4.69, 9.17) is 33.7 Å². The van der Waals surface area contributed by atoms with Crippen molar-refractivity contribution in [2.45, 2.75) is 0 Å². The van der Waals surface area contributed by atoms with Crippen LogP contribution in [0.4, 0.5) is 10.1 Å². The van der Waals surface area contributed by atoms with Crippen molar-refractivity contribution in [2.24, 2.45) is 0 Å². The molecule has 0 spiro atoms. The number of hydrogen-bond acceptors (Lipinski definition) is 2. The molecule has 2 nitrogen and oxygen atoms in total. The summed E-state index contributed by atoms with van der Waals surface area (Å²) in [4.78, 5) is 0. The van der Waals surface area contributed by atoms with Gasteiger partial charge in [-0.15, -0.1) is 0 Å². The lowest BCUT2D eigenvalue weighted by atomic mass is 10.3. The van der Waals surface area contributed by atoms with Crippen molar-refractivity contribution in [2.75, 3.05) is 5.73 Å². The number of para-hydroxylation sites is 1. The summed E-state index contributed by atoms with van der Waals surface area (Å²) in [5.74, 6) is -0.00879. The lowest BCUT2D eigenvalue weighted by molar-refractivity contribution is 0.479. The van der Waals surface area contributed by atoms with Crippen LogP contribution in [-0.2, 0) is 0 Å². The zero-order valence-corrected chi connectivity index (χ0v) is 10.1. The van der Waals surface area contributed by atoms with Gasteiger partial charge < -0.3 is 10.5 Å². The highest BCUT2D eigenvalue weighted by Gasteiger charge is 2.09. The highest BCUT2D eigenvalue weighted by atomic mass is 35.5. The third kappa shape index (κ3) is 2.62. The van der Waals surface area contributed by atoms with Crippen LogP contribution >= 0.6 is 23.2 Å². The number of hydrogen-bond donors (Lipinski definition) is 1. The second-order valence-electron chi connectivity index (χ2n) is 3.34. The maximum Gasteiger partial charge on any atom is 0.153 e. The van der Waals surface area contributed by atoms with E-state index in [1.165, 1.54) is 6.07 Å². The summed E-state index contributed by atoms with van der Waals surface area (Å²) in [5.41, 5.74) is 5.92. The van der Waals surface area contributed by atoms with Gasteiger partial charge in [0, 0.05) is 6.07 Å². The van der Waals surface area contributed by atoms with Crippen molar-refractivity contribution in [1.82, 2.24) is 0 Å². The molecule has 0 bridgehead atoms. The summed E-state index contributed by atoms with van der Waals surface area (Å²) >= 11 is 11.5. The Labute approximate surface area is 108 Å². The van der Waals surface area contributed by atoms with Crippen molar-refractivity contribution < 1.29 is 9.13 Å². The van der Waals surface area contributed by atoms with Crippen LogP contribution in [0.2, 0.25) is 10.0 Å². The number of benzene rings is 2. The molecule has 0 aliphatic rings. The van der Waals surface area contributed by atoms with Crippen molar-refractivity contribution in [3.8, 4) is 11.5 Å². The average molecular weight is 272 g/mol. The molecule has 0 atom stereocenters. The fraction of sp³-hybridized carbons (Fsp3) is 0. The van der Waals surface area contributed by atoms with E-state index < -0.39 is 5.82 Å². The molecule has 0 heterocycles. The molecule has 2 N–H and O–H groups in total. The van der Waals surface area contributed by atoms with Gasteiger partial charge in [0.1, 0.15) is 11.6 Å². The Morgan fingerprint density at radius 3 is 2.41 bits per heavy atom. The maximum atomic E-state index is 13.3. The summed E-state index contributed by atoms with van der Waals surface area (Å²) in [6, 6.07) is 9.27. The van der Waals surface area contributed by atoms with E-state index in [1.807, 2.05) is 0 Å². The molecule has 0 unspecified atom stereocenters. The summed E-state index contributed by atoms with van der Waals surface area (Å²) < 4.78 is 18.7. The Balaban J connectivity index is 2.37. The molecule has 5 heteroatoms. The van der Waals surface area contributed by atoms with Crippen molar-refractivity contribution in [3.63, 3.8) is 0 Å². The van der Waals surface area contributed by atoms with Crippen molar-refractivity contribution in [3.05, 3.63) is 52.3 Å². The smallest absolute Gasteiger partial charge is 0.153 e. The van der Waals surface area contributed by atoms with Crippen LogP contribution in [0, 0.1) is 5.82 Å². The first-order chi connectivity index (χ1) is 8.08. The number of nitrogen functional groups attached to an aromatic ring is 1. The van der Waals surface area contributed by atoms with Crippen LogP contribution in [0.5, 0.6) is 11.5 Å². The molecule has 0 aliphatic carbocycles. The molecule has 17 heavy (non-hydrogen) atoms. The second-order valence-corrected chi connectivity index (χ2v) is 4.15. The number of nitrogens with two attached hydrogens (primary N) is 1. The first-order valence-corrected chi connectivity index (χ1v) is 5.50. The number of halogens is 3. The van der Waals surface area contributed by atoms with Crippen molar-refractivity contribution >= 4 is 28.9 Å². The van der Waals surface area contributed by atoms with Gasteiger partial charge in [-0.25, -0.2) is 4.39 Å². The van der Waals surface area contributed by atoms with Gasteiger partial charge in [0.05, 0.1) is 15.7 Å². The fourth-order valence-electron chi connectivity index (χ4n) is 1.28. The van der Waals surface area contributed by atoms with Gasteiger partial charge >= 0.3 is 0 Å². The van der Waals surface area contributed by atoms with Gasteiger partial charge in [-0.3, -0.25) is 0 Å². The molecule has 88 valence electrons. The Morgan fingerprint density at radius 1 is 1.00 bits per heavy atom. The van der Waals surface area contributed by atoms with Crippen LogP contribution < -0.4 is 10.5 Å². The first kappa shape index (κ1) is 12.0. The predicted octanol–water partition coefficient (Wildman–Crippen LogP) is 4.51. The fourth-order valence-corrected chi connectivity index (χ4v) is 1.62. The molecule has 0 fully saturated rings. The number of rotatable bonds is 2. The van der Waals surface area contributed by atoms with Gasteiger partial charge in [-0.1, -0.05) is 35.3 Å². The Morgan fingerprint density at radius 2 is 1.71 bits per heavy atom. The summed E-state index contributed by atoms with van der Waals surface area (Å²) in [6.07, 6.45) is 0. The van der Waals surface area contributed by atoms with Gasteiger partial charge in [0.2, 0.25) is 0 Å². The van der Waals surface area contributed by atoms with Crippen LogP contribution in [0.15, 0.2) is 36.4 Å². The van der Waals surface area contributed by atoms with Gasteiger partial charge in [-0.05, 0) is 18.2 Å². The minimum Gasteiger partial charge on any atom is -0.454 e. The van der Waals surface area contributed by atoms with E-state index in [-0.39, 0.29) is 16.5 Å². The molecule has 2 aromatic rings. The lowest BCUT2D eigenvalue weighted by Crippen LogP contribution is -1.94. The first-order valence-electron chi connectivity index (χ1n) is 4.75. The van der Waals surface area contributed by atoms with Crippen LogP contribution in [0.1, 0.15) is 0 Å². The van der Waals surface area contributed by atoms with E-state index in [0.29, 0.717) is 10.8 Å². The van der Waals surface area contributed by atoms with Crippen molar-refractivity contribution in [1.29, 1.82) is 0 Å². The zero-order chi connectivity index (χ0) is 12.4. The molecule has 0 aromatic heterocycles. The molecular formula is C12H8Cl2FNO. The Bertz CT molecular complexity index is 560. The summed E-state index contributed by atoms with van der Waals surface area (Å²) in [5, 5.41) is 0.372. The zero-order valence-electron chi connectivity index (χ0n) is 8.58. The predicted molar refractivity (Wildman–Crippen MR) is 67.3 cm³/mol. The van der Waals surface area contributed by atoms with Gasteiger partial charge in [-0.2, -0.15) is 0 Å². The lowest BCUT2D eigenvalue weighted by Gasteiger charge is -2.10. The minimum atomic E-state index is -0.595. The molecule has 0 saturated heterocycles. The maximum absolute atomic E-state index is 13.3. The molecular weight excluding hydrogens is 264 g/mol. The Hall–Kier alpha value is -1.45. The van der Waals surface area contributed by atoms with E-state index >= 15 is 0 Å². The minimum absolute atomic E-state index is 0.0472. The van der Waals surface area contributed by atoms with Gasteiger partial charge in [0.15, 0.2) is 5.75 Å². The van der Waals surface area contributed by atoms with E-state index in [0.717, 1.165) is 6.07 Å². The number of ether oxygens (including phenoxy) is 1. The average Bonchev–Trinajstić information content (AvgIpc) is 2.29. The molecule has 0 amide bonds. The highest BCUT2D eigenvalue weighted by molar-refractivity contribution is 6.32.